The van der Waals surface area contributed by atoms with Crippen molar-refractivity contribution < 1.29 is 4.39 Å². The van der Waals surface area contributed by atoms with Crippen molar-refractivity contribution in [2.45, 2.75) is 57.5 Å². The van der Waals surface area contributed by atoms with Crippen LogP contribution in [-0.2, 0) is 19.5 Å². The quantitative estimate of drug-likeness (QED) is 0.864. The predicted molar refractivity (Wildman–Crippen MR) is 89.9 cm³/mol. The number of halogens is 1. The largest absolute Gasteiger partial charge is 0.293 e. The Morgan fingerprint density at radius 1 is 1.17 bits per heavy atom. The van der Waals surface area contributed by atoms with Crippen molar-refractivity contribution in [1.82, 2.24) is 19.9 Å². The van der Waals surface area contributed by atoms with Gasteiger partial charge in [-0.2, -0.15) is 0 Å². The zero-order valence-electron chi connectivity index (χ0n) is 13.9. The SMILES string of the molecule is Fc1cccnc1CN1CCc2nc(C3CCCCC3)ncc2C1. The molecule has 1 aliphatic carbocycles. The fraction of sp³-hybridized carbons (Fsp3) is 0.526. The summed E-state index contributed by atoms with van der Waals surface area (Å²) in [5.74, 6) is 1.36. The van der Waals surface area contributed by atoms with Gasteiger partial charge < -0.3 is 0 Å². The summed E-state index contributed by atoms with van der Waals surface area (Å²) in [6.45, 7) is 2.21. The number of hydrogen-bond donors (Lipinski definition) is 0. The van der Waals surface area contributed by atoms with E-state index in [-0.39, 0.29) is 5.82 Å². The minimum absolute atomic E-state index is 0.229. The van der Waals surface area contributed by atoms with Gasteiger partial charge in [-0.15, -0.1) is 0 Å². The molecule has 0 spiro atoms. The molecule has 0 bridgehead atoms. The molecule has 2 aromatic heterocycles. The maximum Gasteiger partial charge on any atom is 0.146 e. The molecule has 0 radical (unpaired) electrons. The molecule has 0 aromatic carbocycles. The summed E-state index contributed by atoms with van der Waals surface area (Å²) in [6.07, 6.45) is 11.0. The normalized spacial score (nSPS) is 19.2. The van der Waals surface area contributed by atoms with Crippen molar-refractivity contribution in [3.05, 3.63) is 53.1 Å². The van der Waals surface area contributed by atoms with E-state index < -0.39 is 0 Å². The number of nitrogens with zero attached hydrogens (tertiary/aromatic N) is 4. The second kappa shape index (κ2) is 6.93. The molecule has 1 aliphatic heterocycles. The van der Waals surface area contributed by atoms with Crippen molar-refractivity contribution in [3.8, 4) is 0 Å². The Morgan fingerprint density at radius 2 is 2.04 bits per heavy atom. The summed E-state index contributed by atoms with van der Waals surface area (Å²) in [5, 5.41) is 0. The summed E-state index contributed by atoms with van der Waals surface area (Å²) in [6, 6.07) is 3.10. The third kappa shape index (κ3) is 3.31. The summed E-state index contributed by atoms with van der Waals surface area (Å²) < 4.78 is 13.8. The van der Waals surface area contributed by atoms with Crippen LogP contribution in [0.2, 0.25) is 0 Å². The summed E-state index contributed by atoms with van der Waals surface area (Å²) in [4.78, 5) is 15.9. The maximum absolute atomic E-state index is 13.8. The van der Waals surface area contributed by atoms with Crippen LogP contribution >= 0.6 is 0 Å². The van der Waals surface area contributed by atoms with Gasteiger partial charge in [0.15, 0.2) is 0 Å². The molecule has 0 unspecified atom stereocenters. The van der Waals surface area contributed by atoms with Crippen molar-refractivity contribution in [2.24, 2.45) is 0 Å². The number of rotatable bonds is 3. The standard InChI is InChI=1S/C19H23FN4/c20-16-7-4-9-21-18(16)13-24-10-8-17-15(12-24)11-22-19(23-17)14-5-2-1-3-6-14/h4,7,9,11,14H,1-3,5-6,8,10,12-13H2. The van der Waals surface area contributed by atoms with E-state index in [1.54, 1.807) is 12.3 Å². The van der Waals surface area contributed by atoms with Crippen molar-refractivity contribution in [1.29, 1.82) is 0 Å². The Labute approximate surface area is 142 Å². The van der Waals surface area contributed by atoms with Gasteiger partial charge in [0.05, 0.1) is 5.69 Å². The molecule has 4 rings (SSSR count). The molecule has 2 aliphatic rings. The summed E-state index contributed by atoms with van der Waals surface area (Å²) in [5.41, 5.74) is 2.88. The van der Waals surface area contributed by atoms with E-state index in [1.807, 2.05) is 6.20 Å². The highest BCUT2D eigenvalue weighted by Crippen LogP contribution is 2.31. The lowest BCUT2D eigenvalue weighted by atomic mass is 9.88. The van der Waals surface area contributed by atoms with Gasteiger partial charge in [-0.3, -0.25) is 9.88 Å². The van der Waals surface area contributed by atoms with E-state index in [0.29, 0.717) is 18.2 Å². The van der Waals surface area contributed by atoms with Crippen LogP contribution in [0.4, 0.5) is 4.39 Å². The Hall–Kier alpha value is -1.88. The van der Waals surface area contributed by atoms with Crippen LogP contribution in [0.1, 0.15) is 60.8 Å². The Bertz CT molecular complexity index is 712. The maximum atomic E-state index is 13.8. The van der Waals surface area contributed by atoms with E-state index in [1.165, 1.54) is 49.4 Å². The molecule has 1 saturated carbocycles. The molecular formula is C19H23FN4. The molecule has 0 atom stereocenters. The minimum Gasteiger partial charge on any atom is -0.293 e. The van der Waals surface area contributed by atoms with E-state index in [9.17, 15) is 4.39 Å². The van der Waals surface area contributed by atoms with Crippen molar-refractivity contribution >= 4 is 0 Å². The van der Waals surface area contributed by atoms with Gasteiger partial charge in [0.2, 0.25) is 0 Å². The third-order valence-corrected chi connectivity index (χ3v) is 5.21. The molecule has 0 N–H and O–H groups in total. The molecular weight excluding hydrogens is 303 g/mol. The lowest BCUT2D eigenvalue weighted by molar-refractivity contribution is 0.235. The van der Waals surface area contributed by atoms with Crippen LogP contribution in [0.5, 0.6) is 0 Å². The molecule has 2 aromatic rings. The topological polar surface area (TPSA) is 41.9 Å². The van der Waals surface area contributed by atoms with Gasteiger partial charge in [-0.1, -0.05) is 19.3 Å². The lowest BCUT2D eigenvalue weighted by Crippen LogP contribution is -2.32. The summed E-state index contributed by atoms with van der Waals surface area (Å²) in [7, 11) is 0. The van der Waals surface area contributed by atoms with Gasteiger partial charge in [-0.05, 0) is 25.0 Å². The minimum atomic E-state index is -0.229. The van der Waals surface area contributed by atoms with Crippen molar-refractivity contribution in [3.63, 3.8) is 0 Å². The average Bonchev–Trinajstić information content (AvgIpc) is 2.64. The highest BCUT2D eigenvalue weighted by molar-refractivity contribution is 5.22. The first-order valence-electron chi connectivity index (χ1n) is 8.96. The van der Waals surface area contributed by atoms with Gasteiger partial charge in [-0.25, -0.2) is 14.4 Å². The van der Waals surface area contributed by atoms with E-state index in [2.05, 4.69) is 14.9 Å². The molecule has 5 heteroatoms. The van der Waals surface area contributed by atoms with Crippen LogP contribution in [0, 0.1) is 5.82 Å². The average molecular weight is 326 g/mol. The van der Waals surface area contributed by atoms with Crippen LogP contribution in [-0.4, -0.2) is 26.4 Å². The molecule has 0 saturated heterocycles. The zero-order chi connectivity index (χ0) is 16.4. The molecule has 126 valence electrons. The zero-order valence-corrected chi connectivity index (χ0v) is 13.9. The lowest BCUT2D eigenvalue weighted by Gasteiger charge is -2.28. The van der Waals surface area contributed by atoms with E-state index in [0.717, 1.165) is 25.3 Å². The van der Waals surface area contributed by atoms with Crippen LogP contribution < -0.4 is 0 Å². The molecule has 4 nitrogen and oxygen atoms in total. The van der Waals surface area contributed by atoms with Crippen molar-refractivity contribution in [2.75, 3.05) is 6.54 Å². The summed E-state index contributed by atoms with van der Waals surface area (Å²) >= 11 is 0. The van der Waals surface area contributed by atoms with Gasteiger partial charge in [0.1, 0.15) is 11.6 Å². The van der Waals surface area contributed by atoms with Gasteiger partial charge in [0.25, 0.3) is 0 Å². The van der Waals surface area contributed by atoms with E-state index >= 15 is 0 Å². The fourth-order valence-electron chi connectivity index (χ4n) is 3.83. The Balaban J connectivity index is 1.46. The van der Waals surface area contributed by atoms with Gasteiger partial charge >= 0.3 is 0 Å². The number of pyridine rings is 1. The monoisotopic (exact) mass is 326 g/mol. The van der Waals surface area contributed by atoms with Crippen LogP contribution in [0.3, 0.4) is 0 Å². The number of hydrogen-bond acceptors (Lipinski definition) is 4. The Morgan fingerprint density at radius 3 is 2.88 bits per heavy atom. The van der Waals surface area contributed by atoms with Gasteiger partial charge in [0, 0.05) is 55.6 Å². The first-order valence-corrected chi connectivity index (χ1v) is 8.96. The van der Waals surface area contributed by atoms with Crippen LogP contribution in [0.15, 0.2) is 24.5 Å². The fourth-order valence-corrected chi connectivity index (χ4v) is 3.83. The molecule has 3 heterocycles. The highest BCUT2D eigenvalue weighted by Gasteiger charge is 2.23. The molecule has 0 amide bonds. The second-order valence-corrected chi connectivity index (χ2v) is 6.93. The van der Waals surface area contributed by atoms with E-state index in [4.69, 9.17) is 4.98 Å². The second-order valence-electron chi connectivity index (χ2n) is 6.93. The smallest absolute Gasteiger partial charge is 0.146 e. The first-order chi connectivity index (χ1) is 11.8. The highest BCUT2D eigenvalue weighted by atomic mass is 19.1. The predicted octanol–water partition coefficient (Wildman–Crippen LogP) is 3.62. The number of fused-ring (bicyclic) bond motifs is 1. The number of aromatic nitrogens is 3. The first kappa shape index (κ1) is 15.6. The molecule has 24 heavy (non-hydrogen) atoms. The van der Waals surface area contributed by atoms with Crippen LogP contribution in [0.25, 0.3) is 0 Å². The third-order valence-electron chi connectivity index (χ3n) is 5.21. The Kier molecular flexibility index (Phi) is 4.52. The molecule has 1 fully saturated rings.